The molecule has 0 radical (unpaired) electrons. The summed E-state index contributed by atoms with van der Waals surface area (Å²) in [6.07, 6.45) is 11.0. The maximum absolute atomic E-state index is 6.26. The molecule has 6 nitrogen and oxygen atoms in total. The van der Waals surface area contributed by atoms with Crippen LogP contribution in [0.15, 0.2) is 40.5 Å². The molecule has 6 heteroatoms. The first kappa shape index (κ1) is 22.5. The third-order valence-corrected chi connectivity index (χ3v) is 7.34. The fourth-order valence-corrected chi connectivity index (χ4v) is 4.52. The molecule has 5 rings (SSSR count). The van der Waals surface area contributed by atoms with Crippen LogP contribution in [0.3, 0.4) is 0 Å². The molecular weight excluding hydrogens is 420 g/mol. The zero-order chi connectivity index (χ0) is 23.4. The third-order valence-electron chi connectivity index (χ3n) is 7.34. The number of rotatable bonds is 7. The van der Waals surface area contributed by atoms with Crippen LogP contribution < -0.4 is 9.47 Å². The van der Waals surface area contributed by atoms with Gasteiger partial charge in [-0.2, -0.15) is 0 Å². The van der Waals surface area contributed by atoms with Crippen molar-refractivity contribution in [3.63, 3.8) is 0 Å². The molecular formula is C27H34O6. The van der Waals surface area contributed by atoms with Crippen LogP contribution in [0.25, 0.3) is 17.0 Å². The molecule has 2 saturated heterocycles. The Balaban J connectivity index is 1.32. The lowest BCUT2D eigenvalue weighted by atomic mass is 9.99. The third kappa shape index (κ3) is 4.09. The smallest absolute Gasteiger partial charge is 0.350 e. The summed E-state index contributed by atoms with van der Waals surface area (Å²) in [7, 11) is 0. The van der Waals surface area contributed by atoms with Crippen LogP contribution >= 0.6 is 0 Å². The highest BCUT2D eigenvalue weighted by atomic mass is 16.9. The van der Waals surface area contributed by atoms with Crippen molar-refractivity contribution >= 4 is 17.0 Å². The van der Waals surface area contributed by atoms with Gasteiger partial charge in [0, 0.05) is 12.1 Å². The van der Waals surface area contributed by atoms with Crippen molar-refractivity contribution in [2.24, 2.45) is 0 Å². The molecule has 0 amide bonds. The minimum Gasteiger partial charge on any atom is -0.488 e. The van der Waals surface area contributed by atoms with E-state index in [0.29, 0.717) is 24.0 Å². The Kier molecular flexibility index (Phi) is 5.39. The average molecular weight is 455 g/mol. The molecule has 1 spiro atoms. The second-order valence-corrected chi connectivity index (χ2v) is 10.1. The number of furan rings is 1. The van der Waals surface area contributed by atoms with E-state index in [-0.39, 0.29) is 11.7 Å². The van der Waals surface area contributed by atoms with E-state index in [1.54, 1.807) is 6.26 Å². The summed E-state index contributed by atoms with van der Waals surface area (Å²) in [5.74, 6) is 0.119. The molecule has 0 aliphatic carbocycles. The summed E-state index contributed by atoms with van der Waals surface area (Å²) in [5, 5.41) is 0.913. The van der Waals surface area contributed by atoms with Crippen molar-refractivity contribution in [2.45, 2.75) is 90.2 Å². The minimum atomic E-state index is -1.23. The maximum atomic E-state index is 6.26. The van der Waals surface area contributed by atoms with Gasteiger partial charge in [0.15, 0.2) is 0 Å². The van der Waals surface area contributed by atoms with E-state index >= 15 is 0 Å². The quantitative estimate of drug-likeness (QED) is 0.357. The monoisotopic (exact) mass is 454 g/mol. The molecule has 2 aromatic rings. The van der Waals surface area contributed by atoms with E-state index in [9.17, 15) is 0 Å². The molecule has 4 heterocycles. The lowest BCUT2D eigenvalue weighted by Gasteiger charge is -2.30. The Hall–Kier alpha value is -2.28. The van der Waals surface area contributed by atoms with E-state index in [4.69, 9.17) is 28.1 Å². The number of hydrogen-bond acceptors (Lipinski definition) is 6. The van der Waals surface area contributed by atoms with Crippen molar-refractivity contribution in [3.05, 3.63) is 41.7 Å². The largest absolute Gasteiger partial charge is 0.488 e. The first-order valence-corrected chi connectivity index (χ1v) is 11.9. The Morgan fingerprint density at radius 1 is 1.21 bits per heavy atom. The molecule has 3 aliphatic rings. The fourth-order valence-electron chi connectivity index (χ4n) is 4.52. The predicted octanol–water partition coefficient (Wildman–Crippen LogP) is 6.38. The summed E-state index contributed by atoms with van der Waals surface area (Å²) in [5.41, 5.74) is 2.47. The van der Waals surface area contributed by atoms with Gasteiger partial charge in [0.1, 0.15) is 23.7 Å². The van der Waals surface area contributed by atoms with Gasteiger partial charge in [0.05, 0.1) is 40.6 Å². The van der Waals surface area contributed by atoms with Crippen molar-refractivity contribution in [2.75, 3.05) is 6.61 Å². The maximum Gasteiger partial charge on any atom is 0.350 e. The number of ether oxygens (including phenoxy) is 5. The molecule has 3 unspecified atom stereocenters. The van der Waals surface area contributed by atoms with E-state index in [2.05, 4.69) is 26.8 Å². The van der Waals surface area contributed by atoms with Gasteiger partial charge in [-0.3, -0.25) is 0 Å². The van der Waals surface area contributed by atoms with Crippen LogP contribution in [0, 0.1) is 0 Å². The molecule has 2 fully saturated rings. The Labute approximate surface area is 195 Å². The summed E-state index contributed by atoms with van der Waals surface area (Å²) < 4.78 is 36.2. The molecule has 3 aliphatic heterocycles. The Morgan fingerprint density at radius 2 is 2.03 bits per heavy atom. The number of allylic oxidation sites excluding steroid dienone is 1. The predicted molar refractivity (Wildman–Crippen MR) is 126 cm³/mol. The minimum absolute atomic E-state index is 0.0796. The number of epoxide rings is 1. The number of hydrogen-bond donors (Lipinski definition) is 0. The fraction of sp³-hybridized carbons (Fsp3) is 0.556. The van der Waals surface area contributed by atoms with E-state index < -0.39 is 11.6 Å². The Bertz CT molecular complexity index is 1110. The lowest BCUT2D eigenvalue weighted by molar-refractivity contribution is -0.269. The van der Waals surface area contributed by atoms with E-state index in [0.717, 1.165) is 36.0 Å². The van der Waals surface area contributed by atoms with Crippen LogP contribution in [0.1, 0.15) is 66.4 Å². The molecule has 4 atom stereocenters. The topological polar surface area (TPSA) is 62.6 Å². The first-order valence-electron chi connectivity index (χ1n) is 11.9. The van der Waals surface area contributed by atoms with Gasteiger partial charge in [0.25, 0.3) is 0 Å². The van der Waals surface area contributed by atoms with Crippen LogP contribution in [0.5, 0.6) is 11.5 Å². The summed E-state index contributed by atoms with van der Waals surface area (Å²) in [6.45, 7) is 13.0. The zero-order valence-corrected chi connectivity index (χ0v) is 20.4. The highest BCUT2D eigenvalue weighted by Crippen LogP contribution is 2.47. The second-order valence-electron chi connectivity index (χ2n) is 10.1. The van der Waals surface area contributed by atoms with Crippen molar-refractivity contribution in [3.8, 4) is 11.5 Å². The molecule has 178 valence electrons. The molecule has 0 bridgehead atoms. The van der Waals surface area contributed by atoms with Crippen LogP contribution in [-0.4, -0.2) is 36.0 Å². The summed E-state index contributed by atoms with van der Waals surface area (Å²) >= 11 is 0. The van der Waals surface area contributed by atoms with Gasteiger partial charge in [-0.25, -0.2) is 0 Å². The Morgan fingerprint density at radius 3 is 2.73 bits per heavy atom. The van der Waals surface area contributed by atoms with Crippen LogP contribution in [-0.2, 0) is 14.2 Å². The molecule has 1 aromatic heterocycles. The average Bonchev–Trinajstić information content (AvgIpc) is 3.08. The summed E-state index contributed by atoms with van der Waals surface area (Å²) in [6, 6.07) is 3.79. The van der Waals surface area contributed by atoms with Crippen LogP contribution in [0.4, 0.5) is 0 Å². The van der Waals surface area contributed by atoms with E-state index in [1.807, 2.05) is 45.1 Å². The molecule has 1 aromatic carbocycles. The van der Waals surface area contributed by atoms with Gasteiger partial charge in [0.2, 0.25) is 0 Å². The van der Waals surface area contributed by atoms with Crippen LogP contribution in [0.2, 0.25) is 0 Å². The van der Waals surface area contributed by atoms with Crippen molar-refractivity contribution in [1.29, 1.82) is 0 Å². The van der Waals surface area contributed by atoms with Crippen molar-refractivity contribution < 1.29 is 28.1 Å². The lowest BCUT2D eigenvalue weighted by Crippen LogP contribution is -2.38. The standard InChI is InChI=1S/C27H34O6/c1-7-26(6)23(32-26)9-8-17(2)11-14-29-24-19-10-13-27(30-18(3)25(4,5)33-27)31-22(19)16-21-20(24)12-15-28-21/h10-13,15-16,18,23H,7-9,14H2,1-6H3/b17-11+/t18?,23?,26?,27-/m1/s1. The molecule has 0 N–H and O–H groups in total. The molecule has 33 heavy (non-hydrogen) atoms. The second kappa shape index (κ2) is 7.90. The summed E-state index contributed by atoms with van der Waals surface area (Å²) in [4.78, 5) is 0. The van der Waals surface area contributed by atoms with Gasteiger partial charge < -0.3 is 28.1 Å². The SMILES string of the molecule is CCC1(C)OC1CC/C(C)=C/COc1c2c(cc3occc13)O[C@@]1(C=C2)OC(C)C(C)(C)O1. The zero-order valence-electron chi connectivity index (χ0n) is 20.4. The van der Waals surface area contributed by atoms with Gasteiger partial charge in [-0.05, 0) is 72.1 Å². The normalized spacial score (nSPS) is 32.2. The highest BCUT2D eigenvalue weighted by Gasteiger charge is 2.53. The molecule has 0 saturated carbocycles. The van der Waals surface area contributed by atoms with E-state index in [1.165, 1.54) is 5.57 Å². The van der Waals surface area contributed by atoms with Gasteiger partial charge in [-0.1, -0.05) is 12.5 Å². The number of benzene rings is 1. The number of fused-ring (bicyclic) bond motifs is 2. The van der Waals surface area contributed by atoms with Crippen molar-refractivity contribution in [1.82, 2.24) is 0 Å². The van der Waals surface area contributed by atoms with Gasteiger partial charge in [-0.15, -0.1) is 0 Å². The highest BCUT2D eigenvalue weighted by molar-refractivity contribution is 5.91. The first-order chi connectivity index (χ1) is 15.6. The van der Waals surface area contributed by atoms with Gasteiger partial charge >= 0.3 is 5.97 Å².